The second kappa shape index (κ2) is 6.28. The average Bonchev–Trinajstić information content (AvgIpc) is 3.08. The molecule has 0 spiro atoms. The first-order chi connectivity index (χ1) is 12.8. The highest BCUT2D eigenvalue weighted by Gasteiger charge is 2.13. The van der Waals surface area contributed by atoms with Gasteiger partial charge in [0, 0.05) is 25.2 Å². The lowest BCUT2D eigenvalue weighted by Gasteiger charge is -2.03. The molecule has 0 aliphatic heterocycles. The van der Waals surface area contributed by atoms with Gasteiger partial charge in [0.25, 0.3) is 0 Å². The molecule has 0 saturated carbocycles. The van der Waals surface area contributed by atoms with Crippen LogP contribution in [0.4, 0.5) is 0 Å². The Kier molecular flexibility index (Phi) is 3.77. The van der Waals surface area contributed by atoms with Crippen molar-refractivity contribution in [1.29, 1.82) is 0 Å². The largest absolute Gasteiger partial charge is 0.134 e. The fourth-order valence-electron chi connectivity index (χ4n) is 3.52. The van der Waals surface area contributed by atoms with Gasteiger partial charge in [-0.25, -0.2) is 0 Å². The number of fused-ring (bicyclic) bond motifs is 3. The first kappa shape index (κ1) is 15.6. The summed E-state index contributed by atoms with van der Waals surface area (Å²) >= 11 is 7.95. The molecule has 0 nitrogen and oxygen atoms in total. The van der Waals surface area contributed by atoms with E-state index in [0.717, 1.165) is 5.02 Å². The van der Waals surface area contributed by atoms with Crippen molar-refractivity contribution in [2.24, 2.45) is 0 Å². The summed E-state index contributed by atoms with van der Waals surface area (Å²) in [5.41, 5.74) is 5.02. The number of benzene rings is 4. The summed E-state index contributed by atoms with van der Waals surface area (Å²) in [6, 6.07) is 31.9. The van der Waals surface area contributed by atoms with Crippen LogP contribution in [-0.2, 0) is 0 Å². The van der Waals surface area contributed by atoms with E-state index in [9.17, 15) is 0 Å². The van der Waals surface area contributed by atoms with Crippen LogP contribution in [0.5, 0.6) is 0 Å². The van der Waals surface area contributed by atoms with Crippen LogP contribution in [0.2, 0.25) is 5.02 Å². The van der Waals surface area contributed by atoms with E-state index in [2.05, 4.69) is 78.9 Å². The SMILES string of the molecule is Clc1ccc(-c2cccc3c2sc2c(-c4ccccc4)cccc23)cc1. The van der Waals surface area contributed by atoms with Crippen molar-refractivity contribution in [3.8, 4) is 22.3 Å². The van der Waals surface area contributed by atoms with Gasteiger partial charge >= 0.3 is 0 Å². The van der Waals surface area contributed by atoms with E-state index in [1.165, 1.54) is 42.4 Å². The predicted molar refractivity (Wildman–Crippen MR) is 115 cm³/mol. The normalized spacial score (nSPS) is 11.3. The summed E-state index contributed by atoms with van der Waals surface area (Å²) in [7, 11) is 0. The lowest BCUT2D eigenvalue weighted by atomic mass is 10.0. The van der Waals surface area contributed by atoms with Crippen molar-refractivity contribution in [3.63, 3.8) is 0 Å². The van der Waals surface area contributed by atoms with Crippen LogP contribution in [0.25, 0.3) is 42.4 Å². The van der Waals surface area contributed by atoms with Gasteiger partial charge in [-0.05, 0) is 34.4 Å². The molecule has 5 rings (SSSR count). The van der Waals surface area contributed by atoms with Crippen molar-refractivity contribution in [1.82, 2.24) is 0 Å². The third kappa shape index (κ3) is 2.52. The van der Waals surface area contributed by atoms with Crippen molar-refractivity contribution >= 4 is 43.1 Å². The first-order valence-electron chi connectivity index (χ1n) is 8.57. The van der Waals surface area contributed by atoms with Gasteiger partial charge in [0.05, 0.1) is 0 Å². The minimum atomic E-state index is 0.767. The Bertz CT molecular complexity index is 1220. The fourth-order valence-corrected chi connectivity index (χ4v) is 5.02. The molecule has 124 valence electrons. The van der Waals surface area contributed by atoms with Crippen LogP contribution >= 0.6 is 22.9 Å². The highest BCUT2D eigenvalue weighted by Crippen LogP contribution is 2.43. The molecular weight excluding hydrogens is 356 g/mol. The summed E-state index contributed by atoms with van der Waals surface area (Å²) in [6.45, 7) is 0. The molecule has 0 amide bonds. The van der Waals surface area contributed by atoms with Gasteiger partial charge in [-0.1, -0.05) is 90.5 Å². The average molecular weight is 371 g/mol. The molecule has 0 aliphatic rings. The summed E-state index contributed by atoms with van der Waals surface area (Å²) in [5.74, 6) is 0. The van der Waals surface area contributed by atoms with Gasteiger partial charge in [-0.15, -0.1) is 11.3 Å². The van der Waals surface area contributed by atoms with Gasteiger partial charge in [-0.3, -0.25) is 0 Å². The molecule has 2 heteroatoms. The van der Waals surface area contributed by atoms with Gasteiger partial charge in [-0.2, -0.15) is 0 Å². The molecule has 0 fully saturated rings. The number of thiophene rings is 1. The van der Waals surface area contributed by atoms with E-state index < -0.39 is 0 Å². The third-order valence-corrected chi connectivity index (χ3v) is 6.30. The smallest absolute Gasteiger partial charge is 0.0434 e. The van der Waals surface area contributed by atoms with Gasteiger partial charge in [0.1, 0.15) is 0 Å². The van der Waals surface area contributed by atoms with Crippen molar-refractivity contribution in [2.75, 3.05) is 0 Å². The van der Waals surface area contributed by atoms with E-state index in [0.29, 0.717) is 0 Å². The van der Waals surface area contributed by atoms with Crippen molar-refractivity contribution < 1.29 is 0 Å². The standard InChI is InChI=1S/C24H15ClS/c25-18-14-12-17(13-15-18)20-9-5-11-22-21-10-4-8-19(23(21)26-24(20)22)16-6-2-1-3-7-16/h1-15H. The van der Waals surface area contributed by atoms with Crippen LogP contribution < -0.4 is 0 Å². The number of hydrogen-bond acceptors (Lipinski definition) is 1. The van der Waals surface area contributed by atoms with Gasteiger partial charge in [0.2, 0.25) is 0 Å². The molecule has 0 bridgehead atoms. The molecule has 0 N–H and O–H groups in total. The Balaban J connectivity index is 1.82. The molecule has 0 aliphatic carbocycles. The van der Waals surface area contributed by atoms with Crippen molar-refractivity contribution in [2.45, 2.75) is 0 Å². The molecule has 4 aromatic carbocycles. The molecule has 26 heavy (non-hydrogen) atoms. The molecular formula is C24H15ClS. The minimum Gasteiger partial charge on any atom is -0.134 e. The second-order valence-corrected chi connectivity index (χ2v) is 7.80. The predicted octanol–water partition coefficient (Wildman–Crippen LogP) is 8.04. The topological polar surface area (TPSA) is 0 Å². The fraction of sp³-hybridized carbons (Fsp3) is 0. The molecule has 0 atom stereocenters. The Hall–Kier alpha value is -2.61. The minimum absolute atomic E-state index is 0.767. The zero-order chi connectivity index (χ0) is 17.5. The van der Waals surface area contributed by atoms with E-state index in [4.69, 9.17) is 11.6 Å². The molecule has 5 aromatic rings. The van der Waals surface area contributed by atoms with Crippen LogP contribution in [0.1, 0.15) is 0 Å². The summed E-state index contributed by atoms with van der Waals surface area (Å²) in [5, 5.41) is 3.40. The third-order valence-electron chi connectivity index (χ3n) is 4.76. The highest BCUT2D eigenvalue weighted by molar-refractivity contribution is 7.26. The Morgan fingerprint density at radius 1 is 0.500 bits per heavy atom. The van der Waals surface area contributed by atoms with Crippen LogP contribution in [0.15, 0.2) is 91.0 Å². The Labute approximate surface area is 161 Å². The molecule has 1 heterocycles. The molecule has 0 radical (unpaired) electrons. The van der Waals surface area contributed by atoms with Gasteiger partial charge in [0.15, 0.2) is 0 Å². The Morgan fingerprint density at radius 2 is 1.04 bits per heavy atom. The monoisotopic (exact) mass is 370 g/mol. The summed E-state index contributed by atoms with van der Waals surface area (Å²) in [4.78, 5) is 0. The maximum atomic E-state index is 6.07. The quantitative estimate of drug-likeness (QED) is 0.295. The van der Waals surface area contributed by atoms with Crippen LogP contribution in [0, 0.1) is 0 Å². The number of rotatable bonds is 2. The molecule has 1 aromatic heterocycles. The lowest BCUT2D eigenvalue weighted by molar-refractivity contribution is 1.67. The summed E-state index contributed by atoms with van der Waals surface area (Å²) < 4.78 is 2.67. The maximum Gasteiger partial charge on any atom is 0.0434 e. The zero-order valence-corrected chi connectivity index (χ0v) is 15.5. The van der Waals surface area contributed by atoms with Gasteiger partial charge < -0.3 is 0 Å². The van der Waals surface area contributed by atoms with E-state index in [1.807, 2.05) is 23.5 Å². The zero-order valence-electron chi connectivity index (χ0n) is 13.9. The summed E-state index contributed by atoms with van der Waals surface area (Å²) in [6.07, 6.45) is 0. The number of halogens is 1. The highest BCUT2D eigenvalue weighted by atomic mass is 35.5. The Morgan fingerprint density at radius 3 is 1.62 bits per heavy atom. The second-order valence-electron chi connectivity index (χ2n) is 6.34. The van der Waals surface area contributed by atoms with E-state index in [-0.39, 0.29) is 0 Å². The molecule has 0 saturated heterocycles. The first-order valence-corrected chi connectivity index (χ1v) is 9.76. The van der Waals surface area contributed by atoms with Crippen LogP contribution in [-0.4, -0.2) is 0 Å². The lowest BCUT2D eigenvalue weighted by Crippen LogP contribution is -1.78. The number of hydrogen-bond donors (Lipinski definition) is 0. The van der Waals surface area contributed by atoms with E-state index >= 15 is 0 Å². The molecule has 0 unspecified atom stereocenters. The van der Waals surface area contributed by atoms with E-state index in [1.54, 1.807) is 0 Å². The maximum absolute atomic E-state index is 6.07. The van der Waals surface area contributed by atoms with Crippen LogP contribution in [0.3, 0.4) is 0 Å². The van der Waals surface area contributed by atoms with Crippen molar-refractivity contribution in [3.05, 3.63) is 96.0 Å².